The van der Waals surface area contributed by atoms with Gasteiger partial charge >= 0.3 is 5.97 Å². The molecule has 0 heterocycles. The van der Waals surface area contributed by atoms with Crippen molar-refractivity contribution >= 4 is 21.7 Å². The van der Waals surface area contributed by atoms with Gasteiger partial charge < -0.3 is 16.2 Å². The molecule has 1 aromatic carbocycles. The number of hydrogen-bond donors (Lipinski definition) is 3. The van der Waals surface area contributed by atoms with E-state index in [0.29, 0.717) is 5.56 Å². The van der Waals surface area contributed by atoms with Gasteiger partial charge in [0.15, 0.2) is 0 Å². The minimum atomic E-state index is -3.16. The van der Waals surface area contributed by atoms with Gasteiger partial charge in [0.2, 0.25) is 5.91 Å². The summed E-state index contributed by atoms with van der Waals surface area (Å²) < 4.78 is 22.0. The van der Waals surface area contributed by atoms with E-state index in [0.717, 1.165) is 6.26 Å². The SMILES string of the molecule is CS(=O)(=O)CCC(N)C(=O)NCc1cccc(C(=O)O)c1. The lowest BCUT2D eigenvalue weighted by molar-refractivity contribution is -0.122. The highest BCUT2D eigenvalue weighted by atomic mass is 32.2. The van der Waals surface area contributed by atoms with Crippen molar-refractivity contribution in [1.82, 2.24) is 5.32 Å². The smallest absolute Gasteiger partial charge is 0.335 e. The number of nitrogens with two attached hydrogens (primary N) is 1. The van der Waals surface area contributed by atoms with Crippen LogP contribution in [0, 0.1) is 0 Å². The number of aromatic carboxylic acids is 1. The van der Waals surface area contributed by atoms with E-state index in [9.17, 15) is 18.0 Å². The molecule has 1 aromatic rings. The number of carboxylic acids is 1. The van der Waals surface area contributed by atoms with Crippen molar-refractivity contribution in [3.05, 3.63) is 35.4 Å². The van der Waals surface area contributed by atoms with Crippen LogP contribution >= 0.6 is 0 Å². The zero-order valence-electron chi connectivity index (χ0n) is 11.6. The number of carbonyl (C=O) groups is 2. The third-order valence-corrected chi connectivity index (χ3v) is 3.75. The summed E-state index contributed by atoms with van der Waals surface area (Å²) >= 11 is 0. The van der Waals surface area contributed by atoms with Gasteiger partial charge in [0.25, 0.3) is 0 Å². The van der Waals surface area contributed by atoms with E-state index < -0.39 is 27.8 Å². The van der Waals surface area contributed by atoms with E-state index in [-0.39, 0.29) is 24.3 Å². The lowest BCUT2D eigenvalue weighted by atomic mass is 10.1. The number of carboxylic acid groups (broad SMARTS) is 1. The molecule has 0 aliphatic heterocycles. The maximum absolute atomic E-state index is 11.7. The van der Waals surface area contributed by atoms with Crippen LogP contribution in [0.5, 0.6) is 0 Å². The second-order valence-electron chi connectivity index (χ2n) is 4.75. The summed E-state index contributed by atoms with van der Waals surface area (Å²) in [6.07, 6.45) is 1.12. The molecule has 4 N–H and O–H groups in total. The summed E-state index contributed by atoms with van der Waals surface area (Å²) in [7, 11) is -3.16. The van der Waals surface area contributed by atoms with Crippen molar-refractivity contribution in [1.29, 1.82) is 0 Å². The molecule has 0 aliphatic carbocycles. The highest BCUT2D eigenvalue weighted by Crippen LogP contribution is 2.05. The van der Waals surface area contributed by atoms with Crippen LogP contribution in [0.25, 0.3) is 0 Å². The molecule has 0 aromatic heterocycles. The van der Waals surface area contributed by atoms with Crippen molar-refractivity contribution in [3.8, 4) is 0 Å². The fraction of sp³-hybridized carbons (Fsp3) is 0.385. The second-order valence-corrected chi connectivity index (χ2v) is 7.01. The molecule has 7 nitrogen and oxygen atoms in total. The Labute approximate surface area is 123 Å². The first-order valence-electron chi connectivity index (χ1n) is 6.22. The quantitative estimate of drug-likeness (QED) is 0.637. The Morgan fingerprint density at radius 3 is 2.62 bits per heavy atom. The number of carbonyl (C=O) groups excluding carboxylic acids is 1. The van der Waals surface area contributed by atoms with Gasteiger partial charge in [0.05, 0.1) is 17.4 Å². The Kier molecular flexibility index (Phi) is 5.86. The van der Waals surface area contributed by atoms with Gasteiger partial charge in [-0.05, 0) is 24.1 Å². The zero-order valence-corrected chi connectivity index (χ0v) is 12.4. The fourth-order valence-corrected chi connectivity index (χ4v) is 2.29. The molecule has 0 aliphatic rings. The molecule has 1 amide bonds. The van der Waals surface area contributed by atoms with Crippen LogP contribution < -0.4 is 11.1 Å². The minimum Gasteiger partial charge on any atom is -0.478 e. The van der Waals surface area contributed by atoms with E-state index >= 15 is 0 Å². The summed E-state index contributed by atoms with van der Waals surface area (Å²) in [5.41, 5.74) is 6.35. The largest absolute Gasteiger partial charge is 0.478 e. The topological polar surface area (TPSA) is 127 Å². The first-order valence-corrected chi connectivity index (χ1v) is 8.28. The highest BCUT2D eigenvalue weighted by Gasteiger charge is 2.15. The molecular weight excluding hydrogens is 296 g/mol. The average Bonchev–Trinajstić information content (AvgIpc) is 2.41. The molecule has 116 valence electrons. The maximum atomic E-state index is 11.7. The van der Waals surface area contributed by atoms with Crippen molar-refractivity contribution in [2.45, 2.75) is 19.0 Å². The van der Waals surface area contributed by atoms with Crippen LogP contribution in [0.1, 0.15) is 22.3 Å². The van der Waals surface area contributed by atoms with E-state index in [4.69, 9.17) is 10.8 Å². The van der Waals surface area contributed by atoms with Gasteiger partial charge in [-0.1, -0.05) is 12.1 Å². The number of amides is 1. The van der Waals surface area contributed by atoms with E-state index in [1.807, 2.05) is 0 Å². The summed E-state index contributed by atoms with van der Waals surface area (Å²) in [5.74, 6) is -1.68. The van der Waals surface area contributed by atoms with Crippen LogP contribution in [-0.2, 0) is 21.2 Å². The van der Waals surface area contributed by atoms with Gasteiger partial charge in [-0.25, -0.2) is 13.2 Å². The molecule has 0 bridgehead atoms. The average molecular weight is 314 g/mol. The van der Waals surface area contributed by atoms with E-state index in [1.165, 1.54) is 12.1 Å². The van der Waals surface area contributed by atoms with Gasteiger partial charge in [-0.15, -0.1) is 0 Å². The zero-order chi connectivity index (χ0) is 16.0. The third kappa shape index (κ3) is 6.37. The normalized spacial score (nSPS) is 12.7. The van der Waals surface area contributed by atoms with Crippen molar-refractivity contribution < 1.29 is 23.1 Å². The molecule has 0 radical (unpaired) electrons. The molecule has 1 unspecified atom stereocenters. The van der Waals surface area contributed by atoms with E-state index in [2.05, 4.69) is 5.32 Å². The molecule has 0 fully saturated rings. The number of nitrogens with one attached hydrogen (secondary N) is 1. The number of hydrogen-bond acceptors (Lipinski definition) is 5. The van der Waals surface area contributed by atoms with Crippen molar-refractivity contribution in [2.75, 3.05) is 12.0 Å². The summed E-state index contributed by atoms with van der Waals surface area (Å²) in [6.45, 7) is 0.131. The number of benzene rings is 1. The molecule has 21 heavy (non-hydrogen) atoms. The predicted octanol–water partition coefficient (Wildman–Crippen LogP) is -0.237. The molecule has 0 saturated carbocycles. The van der Waals surface area contributed by atoms with Crippen LogP contribution in [0.15, 0.2) is 24.3 Å². The van der Waals surface area contributed by atoms with Gasteiger partial charge in [-0.2, -0.15) is 0 Å². The van der Waals surface area contributed by atoms with Crippen LogP contribution in [-0.4, -0.2) is 43.5 Å². The molecule has 1 rings (SSSR count). The Bertz CT molecular complexity index is 627. The second kappa shape index (κ2) is 7.19. The van der Waals surface area contributed by atoms with Crippen molar-refractivity contribution in [2.24, 2.45) is 5.73 Å². The predicted molar refractivity (Wildman–Crippen MR) is 77.6 cm³/mol. The molecule has 8 heteroatoms. The first-order chi connectivity index (χ1) is 9.69. The summed E-state index contributed by atoms with van der Waals surface area (Å²) in [6, 6.07) is 5.24. The monoisotopic (exact) mass is 314 g/mol. The Balaban J connectivity index is 2.52. The molecule has 0 spiro atoms. The lowest BCUT2D eigenvalue weighted by Crippen LogP contribution is -2.41. The number of rotatable bonds is 7. The molecule has 1 atom stereocenters. The summed E-state index contributed by atoms with van der Waals surface area (Å²) in [5, 5.41) is 11.4. The summed E-state index contributed by atoms with van der Waals surface area (Å²) in [4.78, 5) is 22.5. The molecule has 0 saturated heterocycles. The standard InChI is InChI=1S/C13H18N2O5S/c1-21(19,20)6-5-11(14)12(16)15-8-9-3-2-4-10(7-9)13(17)18/h2-4,7,11H,5-6,8,14H2,1H3,(H,15,16)(H,17,18). The van der Waals surface area contributed by atoms with E-state index in [1.54, 1.807) is 12.1 Å². The Morgan fingerprint density at radius 1 is 1.38 bits per heavy atom. The van der Waals surface area contributed by atoms with Crippen LogP contribution in [0.3, 0.4) is 0 Å². The third-order valence-electron chi connectivity index (χ3n) is 2.78. The minimum absolute atomic E-state index is 0.0415. The maximum Gasteiger partial charge on any atom is 0.335 e. The van der Waals surface area contributed by atoms with Crippen LogP contribution in [0.2, 0.25) is 0 Å². The first kappa shape index (κ1) is 17.1. The van der Waals surface area contributed by atoms with Gasteiger partial charge in [0, 0.05) is 12.8 Å². The molecular formula is C13H18N2O5S. The Morgan fingerprint density at radius 2 is 2.05 bits per heavy atom. The fourth-order valence-electron chi connectivity index (χ4n) is 1.61. The number of sulfone groups is 1. The van der Waals surface area contributed by atoms with Crippen molar-refractivity contribution in [3.63, 3.8) is 0 Å². The van der Waals surface area contributed by atoms with Gasteiger partial charge in [0.1, 0.15) is 9.84 Å². The van der Waals surface area contributed by atoms with Crippen LogP contribution in [0.4, 0.5) is 0 Å². The highest BCUT2D eigenvalue weighted by molar-refractivity contribution is 7.90. The Hall–Kier alpha value is -1.93. The van der Waals surface area contributed by atoms with Gasteiger partial charge in [-0.3, -0.25) is 4.79 Å². The lowest BCUT2D eigenvalue weighted by Gasteiger charge is -2.12.